The molecule has 5 nitrogen and oxygen atoms in total. The van der Waals surface area contributed by atoms with E-state index in [9.17, 15) is 13.2 Å². The summed E-state index contributed by atoms with van der Waals surface area (Å²) in [4.78, 5) is 11.8. The summed E-state index contributed by atoms with van der Waals surface area (Å²) in [7, 11) is -3.68. The summed E-state index contributed by atoms with van der Waals surface area (Å²) in [6.07, 6.45) is 0.805. The molecule has 2 N–H and O–H groups in total. The van der Waals surface area contributed by atoms with E-state index in [0.29, 0.717) is 11.9 Å². The molecule has 1 aromatic carbocycles. The third-order valence-corrected chi connectivity index (χ3v) is 4.87. The molecule has 1 atom stereocenters. The Morgan fingerprint density at radius 1 is 1.30 bits per heavy atom. The van der Waals surface area contributed by atoms with Crippen LogP contribution in [0.3, 0.4) is 0 Å². The molecule has 1 unspecified atom stereocenters. The number of benzene rings is 1. The van der Waals surface area contributed by atoms with Gasteiger partial charge in [-0.1, -0.05) is 35.0 Å². The molecule has 0 saturated carbocycles. The van der Waals surface area contributed by atoms with Crippen LogP contribution in [0.5, 0.6) is 0 Å². The van der Waals surface area contributed by atoms with Gasteiger partial charge in [-0.3, -0.25) is 4.79 Å². The van der Waals surface area contributed by atoms with Gasteiger partial charge in [0.05, 0.1) is 10.9 Å². The van der Waals surface area contributed by atoms with E-state index < -0.39 is 16.1 Å². The maximum atomic E-state index is 12.1. The van der Waals surface area contributed by atoms with Crippen molar-refractivity contribution in [2.45, 2.75) is 36.5 Å². The van der Waals surface area contributed by atoms with Gasteiger partial charge in [0.2, 0.25) is 15.9 Å². The molecule has 1 amide bonds. The van der Waals surface area contributed by atoms with Crippen LogP contribution >= 0.6 is 15.9 Å². The average molecular weight is 363 g/mol. The molecule has 0 aromatic heterocycles. The second kappa shape index (κ2) is 7.75. The van der Waals surface area contributed by atoms with Crippen molar-refractivity contribution < 1.29 is 13.2 Å². The third-order valence-electron chi connectivity index (χ3n) is 2.66. The second-order valence-electron chi connectivity index (χ2n) is 4.41. The molecule has 0 heterocycles. The van der Waals surface area contributed by atoms with Crippen LogP contribution in [0.25, 0.3) is 0 Å². The number of alkyl halides is 1. The van der Waals surface area contributed by atoms with E-state index in [1.54, 1.807) is 12.1 Å². The summed E-state index contributed by atoms with van der Waals surface area (Å²) in [5.74, 6) is -0.326. The molecule has 112 valence electrons. The first-order valence-corrected chi connectivity index (χ1v) is 8.96. The molecule has 0 bridgehead atoms. The molecule has 0 radical (unpaired) electrons. The van der Waals surface area contributed by atoms with Crippen molar-refractivity contribution in [3.05, 3.63) is 29.8 Å². The lowest BCUT2D eigenvalue weighted by molar-refractivity contribution is -0.122. The van der Waals surface area contributed by atoms with Gasteiger partial charge >= 0.3 is 0 Å². The van der Waals surface area contributed by atoms with Crippen molar-refractivity contribution in [2.75, 3.05) is 6.54 Å². The fraction of sp³-hybridized carbons (Fsp3) is 0.462. The van der Waals surface area contributed by atoms with E-state index in [0.717, 1.165) is 12.0 Å². The van der Waals surface area contributed by atoms with Crippen LogP contribution < -0.4 is 10.0 Å². The van der Waals surface area contributed by atoms with Crippen LogP contribution in [0, 0.1) is 0 Å². The Balaban J connectivity index is 2.75. The molecule has 0 aliphatic heterocycles. The highest BCUT2D eigenvalue weighted by Crippen LogP contribution is 2.13. The molecule has 1 aromatic rings. The Bertz CT molecular complexity index is 543. The number of sulfonamides is 1. The molecule has 0 fully saturated rings. The lowest BCUT2D eigenvalue weighted by atomic mass is 10.2. The summed E-state index contributed by atoms with van der Waals surface area (Å²) in [5, 5.41) is 3.32. The zero-order valence-electron chi connectivity index (χ0n) is 11.5. The molecule has 0 saturated heterocycles. The van der Waals surface area contributed by atoms with Gasteiger partial charge in [0, 0.05) is 11.9 Å². The van der Waals surface area contributed by atoms with E-state index in [2.05, 4.69) is 26.0 Å². The Kier molecular flexibility index (Phi) is 6.64. The van der Waals surface area contributed by atoms with Gasteiger partial charge in [-0.15, -0.1) is 0 Å². The predicted molar refractivity (Wildman–Crippen MR) is 82.2 cm³/mol. The SMILES string of the molecule is CCCNC(=O)C(C)NS(=O)(=O)c1ccc(CBr)cc1. The number of hydrogen-bond acceptors (Lipinski definition) is 3. The highest BCUT2D eigenvalue weighted by Gasteiger charge is 2.21. The van der Waals surface area contributed by atoms with Crippen LogP contribution in [-0.2, 0) is 20.1 Å². The molecule has 0 aliphatic rings. The first-order valence-electron chi connectivity index (χ1n) is 6.35. The van der Waals surface area contributed by atoms with Crippen molar-refractivity contribution in [1.82, 2.24) is 10.0 Å². The molecule has 20 heavy (non-hydrogen) atoms. The summed E-state index contributed by atoms with van der Waals surface area (Å²) in [6.45, 7) is 3.99. The topological polar surface area (TPSA) is 75.3 Å². The quantitative estimate of drug-likeness (QED) is 0.725. The summed E-state index contributed by atoms with van der Waals surface area (Å²) in [6, 6.07) is 5.70. The minimum absolute atomic E-state index is 0.150. The Hall–Kier alpha value is -0.920. The smallest absolute Gasteiger partial charge is 0.241 e. The lowest BCUT2D eigenvalue weighted by Crippen LogP contribution is -2.44. The van der Waals surface area contributed by atoms with Crippen molar-refractivity contribution in [2.24, 2.45) is 0 Å². The molecular weight excluding hydrogens is 344 g/mol. The van der Waals surface area contributed by atoms with Crippen molar-refractivity contribution in [1.29, 1.82) is 0 Å². The molecule has 7 heteroatoms. The van der Waals surface area contributed by atoms with Crippen molar-refractivity contribution in [3.8, 4) is 0 Å². The number of carbonyl (C=O) groups is 1. The maximum Gasteiger partial charge on any atom is 0.241 e. The van der Waals surface area contributed by atoms with Gasteiger partial charge < -0.3 is 5.32 Å². The van der Waals surface area contributed by atoms with Crippen molar-refractivity contribution in [3.63, 3.8) is 0 Å². The molecular formula is C13H19BrN2O3S. The monoisotopic (exact) mass is 362 g/mol. The van der Waals surface area contributed by atoms with Gasteiger partial charge in [0.25, 0.3) is 0 Å². The minimum Gasteiger partial charge on any atom is -0.355 e. The highest BCUT2D eigenvalue weighted by atomic mass is 79.9. The Labute approximate surface area is 128 Å². The second-order valence-corrected chi connectivity index (χ2v) is 6.69. The van der Waals surface area contributed by atoms with Crippen LogP contribution in [0.1, 0.15) is 25.8 Å². The van der Waals surface area contributed by atoms with Crippen LogP contribution in [0.4, 0.5) is 0 Å². The zero-order chi connectivity index (χ0) is 15.2. The first-order chi connectivity index (χ1) is 9.40. The number of amides is 1. The number of halogens is 1. The van der Waals surface area contributed by atoms with Gasteiger partial charge in [-0.25, -0.2) is 8.42 Å². The van der Waals surface area contributed by atoms with Crippen molar-refractivity contribution >= 4 is 31.9 Å². The van der Waals surface area contributed by atoms with Gasteiger partial charge in [-0.05, 0) is 31.0 Å². The number of hydrogen-bond donors (Lipinski definition) is 2. The normalized spacial score (nSPS) is 12.9. The summed E-state index contributed by atoms with van der Waals surface area (Å²) >= 11 is 3.30. The van der Waals surface area contributed by atoms with Crippen LogP contribution in [0.2, 0.25) is 0 Å². The fourth-order valence-electron chi connectivity index (χ4n) is 1.51. The molecule has 0 aliphatic carbocycles. The van der Waals surface area contributed by atoms with Gasteiger partial charge in [0.1, 0.15) is 0 Å². The average Bonchev–Trinajstić information content (AvgIpc) is 2.44. The minimum atomic E-state index is -3.68. The van der Waals surface area contributed by atoms with Gasteiger partial charge in [0.15, 0.2) is 0 Å². The van der Waals surface area contributed by atoms with Crippen LogP contribution in [-0.4, -0.2) is 26.9 Å². The predicted octanol–water partition coefficient (Wildman–Crippen LogP) is 1.77. The number of nitrogens with one attached hydrogen (secondary N) is 2. The lowest BCUT2D eigenvalue weighted by Gasteiger charge is -2.14. The third kappa shape index (κ3) is 4.88. The first kappa shape index (κ1) is 17.1. The van der Waals surface area contributed by atoms with Gasteiger partial charge in [-0.2, -0.15) is 4.72 Å². The molecule has 1 rings (SSSR count). The largest absolute Gasteiger partial charge is 0.355 e. The Morgan fingerprint density at radius 2 is 1.90 bits per heavy atom. The standard InChI is InChI=1S/C13H19BrN2O3S/c1-3-8-15-13(17)10(2)16-20(18,19)12-6-4-11(9-14)5-7-12/h4-7,10,16H,3,8-9H2,1-2H3,(H,15,17). The van der Waals surface area contributed by atoms with E-state index in [1.807, 2.05) is 6.92 Å². The van der Waals surface area contributed by atoms with E-state index in [1.165, 1.54) is 19.1 Å². The van der Waals surface area contributed by atoms with E-state index in [4.69, 9.17) is 0 Å². The number of rotatable bonds is 7. The maximum absolute atomic E-state index is 12.1. The van der Waals surface area contributed by atoms with E-state index >= 15 is 0 Å². The van der Waals surface area contributed by atoms with E-state index in [-0.39, 0.29) is 10.8 Å². The highest BCUT2D eigenvalue weighted by molar-refractivity contribution is 9.08. The summed E-state index contributed by atoms with van der Waals surface area (Å²) in [5.41, 5.74) is 0.984. The molecule has 0 spiro atoms. The van der Waals surface area contributed by atoms with Crippen LogP contribution in [0.15, 0.2) is 29.2 Å². The number of carbonyl (C=O) groups excluding carboxylic acids is 1. The zero-order valence-corrected chi connectivity index (χ0v) is 13.9. The fourth-order valence-corrected chi connectivity index (χ4v) is 3.09. The Morgan fingerprint density at radius 3 is 2.40 bits per heavy atom. The summed E-state index contributed by atoms with van der Waals surface area (Å²) < 4.78 is 26.6.